The first-order chi connectivity index (χ1) is 11.5. The second-order valence-corrected chi connectivity index (χ2v) is 8.95. The van der Waals surface area contributed by atoms with E-state index >= 15 is 0 Å². The minimum atomic E-state index is -3.19. The molecule has 1 spiro atoms. The molecule has 1 saturated carbocycles. The van der Waals surface area contributed by atoms with Crippen LogP contribution in [0.5, 0.6) is 0 Å². The van der Waals surface area contributed by atoms with Crippen molar-refractivity contribution in [3.8, 4) is 0 Å². The third kappa shape index (κ3) is 3.25. The van der Waals surface area contributed by atoms with Crippen molar-refractivity contribution in [2.75, 3.05) is 24.6 Å². The van der Waals surface area contributed by atoms with Crippen molar-refractivity contribution in [3.05, 3.63) is 18.2 Å². The molecule has 2 aliphatic heterocycles. The van der Waals surface area contributed by atoms with Crippen molar-refractivity contribution in [3.63, 3.8) is 0 Å². The molecule has 0 aromatic carbocycles. The quantitative estimate of drug-likeness (QED) is 0.860. The zero-order valence-corrected chi connectivity index (χ0v) is 14.1. The maximum absolute atomic E-state index is 13.0. The summed E-state index contributed by atoms with van der Waals surface area (Å²) in [6, 6.07) is -0.0848. The molecule has 0 bridgehead atoms. The van der Waals surface area contributed by atoms with E-state index in [-0.39, 0.29) is 16.9 Å². The lowest BCUT2D eigenvalue weighted by Gasteiger charge is -2.38. The van der Waals surface area contributed by atoms with E-state index in [1.807, 2.05) is 4.90 Å². The van der Waals surface area contributed by atoms with E-state index in [1.165, 1.54) is 0 Å². The fourth-order valence-electron chi connectivity index (χ4n) is 3.60. The van der Waals surface area contributed by atoms with E-state index in [0.717, 1.165) is 31.7 Å². The molecule has 1 aromatic heterocycles. The van der Waals surface area contributed by atoms with Crippen LogP contribution in [0.3, 0.4) is 0 Å². The highest BCUT2D eigenvalue weighted by atomic mass is 32.2. The first kappa shape index (κ1) is 16.2. The molecule has 7 nitrogen and oxygen atoms in total. The Labute approximate surface area is 140 Å². The van der Waals surface area contributed by atoms with Crippen LogP contribution in [0.1, 0.15) is 32.1 Å². The second kappa shape index (κ2) is 5.89. The van der Waals surface area contributed by atoms with Gasteiger partial charge in [-0.1, -0.05) is 0 Å². The Morgan fingerprint density at radius 1 is 1.29 bits per heavy atom. The van der Waals surface area contributed by atoms with Crippen molar-refractivity contribution in [2.24, 2.45) is 0 Å². The number of anilines is 1. The summed E-state index contributed by atoms with van der Waals surface area (Å²) in [6.07, 6.45) is 5.97. The van der Waals surface area contributed by atoms with Crippen LogP contribution in [0, 0.1) is 5.82 Å². The number of hydrogen-bond donors (Lipinski definition) is 1. The lowest BCUT2D eigenvalue weighted by Crippen LogP contribution is -2.50. The van der Waals surface area contributed by atoms with E-state index in [9.17, 15) is 12.8 Å². The van der Waals surface area contributed by atoms with Gasteiger partial charge in [0.05, 0.1) is 23.2 Å². The molecule has 1 aliphatic carbocycles. The topological polar surface area (TPSA) is 84.4 Å². The third-order valence-electron chi connectivity index (χ3n) is 4.99. The summed E-state index contributed by atoms with van der Waals surface area (Å²) in [6.45, 7) is 1.85. The highest BCUT2D eigenvalue weighted by molar-refractivity contribution is 7.90. The highest BCUT2D eigenvalue weighted by Crippen LogP contribution is 2.36. The van der Waals surface area contributed by atoms with E-state index < -0.39 is 15.8 Å². The molecule has 0 amide bonds. The van der Waals surface area contributed by atoms with Gasteiger partial charge < -0.3 is 9.64 Å². The molecular formula is C15H21FN4O3S. The smallest absolute Gasteiger partial charge is 0.225 e. The third-order valence-corrected chi connectivity index (χ3v) is 7.00. The van der Waals surface area contributed by atoms with Gasteiger partial charge in [-0.15, -0.1) is 0 Å². The normalized spacial score (nSPS) is 30.9. The monoisotopic (exact) mass is 356 g/mol. The van der Waals surface area contributed by atoms with E-state index in [4.69, 9.17) is 4.74 Å². The summed E-state index contributed by atoms with van der Waals surface area (Å²) in [5, 5.41) is -0.205. The van der Waals surface area contributed by atoms with Gasteiger partial charge in [-0.25, -0.2) is 27.5 Å². The van der Waals surface area contributed by atoms with Crippen LogP contribution in [-0.2, 0) is 14.8 Å². The van der Waals surface area contributed by atoms with E-state index in [2.05, 4.69) is 14.7 Å². The molecule has 0 unspecified atom stereocenters. The standard InChI is InChI=1S/C15H21FN4O3S/c16-11-8-17-14(18-9-11)20-5-4-15(10-20)7-12(3-6-23-15)19-24(21,22)13-1-2-13/h8-9,12-13,19H,1-7,10H2/t12-,15-/m1/s1. The maximum atomic E-state index is 13.0. The predicted octanol–water partition coefficient (Wildman–Crippen LogP) is 0.825. The Bertz CT molecular complexity index is 710. The number of ether oxygens (including phenoxy) is 1. The van der Waals surface area contributed by atoms with Gasteiger partial charge in [0.2, 0.25) is 16.0 Å². The van der Waals surface area contributed by atoms with Gasteiger partial charge in [-0.2, -0.15) is 0 Å². The Morgan fingerprint density at radius 2 is 2.04 bits per heavy atom. The van der Waals surface area contributed by atoms with Crippen molar-refractivity contribution in [1.29, 1.82) is 0 Å². The van der Waals surface area contributed by atoms with Gasteiger partial charge in [-0.3, -0.25) is 0 Å². The summed E-state index contributed by atoms with van der Waals surface area (Å²) >= 11 is 0. The molecule has 132 valence electrons. The zero-order valence-electron chi connectivity index (χ0n) is 13.3. The van der Waals surface area contributed by atoms with Crippen LogP contribution in [-0.4, -0.2) is 55.0 Å². The molecule has 2 atom stereocenters. The first-order valence-corrected chi connectivity index (χ1v) is 9.88. The maximum Gasteiger partial charge on any atom is 0.225 e. The van der Waals surface area contributed by atoms with Crippen LogP contribution in [0.25, 0.3) is 0 Å². The lowest BCUT2D eigenvalue weighted by molar-refractivity contribution is -0.0706. The molecule has 3 aliphatic rings. The number of nitrogens with zero attached hydrogens (tertiary/aromatic N) is 3. The highest BCUT2D eigenvalue weighted by Gasteiger charge is 2.46. The number of rotatable bonds is 4. The molecule has 2 saturated heterocycles. The summed E-state index contributed by atoms with van der Waals surface area (Å²) in [5.74, 6) is 0.0219. The van der Waals surface area contributed by atoms with Crippen LogP contribution < -0.4 is 9.62 Å². The summed E-state index contributed by atoms with van der Waals surface area (Å²) in [5.41, 5.74) is -0.382. The van der Waals surface area contributed by atoms with Gasteiger partial charge >= 0.3 is 0 Å². The summed E-state index contributed by atoms with van der Waals surface area (Å²) < 4.78 is 46.2. The van der Waals surface area contributed by atoms with Gasteiger partial charge in [-0.05, 0) is 32.1 Å². The van der Waals surface area contributed by atoms with E-state index in [1.54, 1.807) is 0 Å². The molecule has 3 heterocycles. The fourth-order valence-corrected chi connectivity index (χ4v) is 5.22. The van der Waals surface area contributed by atoms with Gasteiger partial charge in [0.25, 0.3) is 0 Å². The summed E-state index contributed by atoms with van der Waals surface area (Å²) in [4.78, 5) is 10.0. The molecule has 3 fully saturated rings. The lowest BCUT2D eigenvalue weighted by atomic mass is 9.90. The minimum absolute atomic E-state index is 0.0848. The molecule has 4 rings (SSSR count). The number of nitrogens with one attached hydrogen (secondary N) is 1. The van der Waals surface area contributed by atoms with Crippen molar-refractivity contribution in [1.82, 2.24) is 14.7 Å². The molecular weight excluding hydrogens is 335 g/mol. The Hall–Kier alpha value is -1.32. The van der Waals surface area contributed by atoms with Gasteiger partial charge in [0.1, 0.15) is 0 Å². The zero-order chi connectivity index (χ0) is 16.8. The minimum Gasteiger partial charge on any atom is -0.373 e. The summed E-state index contributed by atoms with van der Waals surface area (Å²) in [7, 11) is -3.19. The van der Waals surface area contributed by atoms with Crippen molar-refractivity contribution < 1.29 is 17.5 Å². The average Bonchev–Trinajstić information content (AvgIpc) is 3.33. The first-order valence-electron chi connectivity index (χ1n) is 8.33. The van der Waals surface area contributed by atoms with Crippen molar-refractivity contribution in [2.45, 2.75) is 49.0 Å². The number of halogens is 1. The SMILES string of the molecule is O=S(=O)(N[C@@H]1CCO[C@]2(CCN(c3ncc(F)cn3)C2)C1)C1CC1. The largest absolute Gasteiger partial charge is 0.373 e. The van der Waals surface area contributed by atoms with Gasteiger partial charge in [0.15, 0.2) is 5.82 Å². The van der Waals surface area contributed by atoms with Gasteiger partial charge in [0, 0.05) is 25.7 Å². The second-order valence-electron chi connectivity index (χ2n) is 6.96. The molecule has 9 heteroatoms. The van der Waals surface area contributed by atoms with E-state index in [0.29, 0.717) is 38.5 Å². The fraction of sp³-hybridized carbons (Fsp3) is 0.733. The van der Waals surface area contributed by atoms with Crippen LogP contribution >= 0.6 is 0 Å². The molecule has 1 N–H and O–H groups in total. The van der Waals surface area contributed by atoms with Crippen LogP contribution in [0.4, 0.5) is 10.3 Å². The number of hydrogen-bond acceptors (Lipinski definition) is 6. The van der Waals surface area contributed by atoms with Crippen molar-refractivity contribution >= 4 is 16.0 Å². The Morgan fingerprint density at radius 3 is 2.75 bits per heavy atom. The molecule has 0 radical (unpaired) electrons. The number of sulfonamides is 1. The molecule has 24 heavy (non-hydrogen) atoms. The van der Waals surface area contributed by atoms with Crippen LogP contribution in [0.15, 0.2) is 12.4 Å². The molecule has 1 aromatic rings. The average molecular weight is 356 g/mol. The predicted molar refractivity (Wildman–Crippen MR) is 85.6 cm³/mol. The number of aromatic nitrogens is 2. The van der Waals surface area contributed by atoms with Crippen LogP contribution in [0.2, 0.25) is 0 Å². The Kier molecular flexibility index (Phi) is 3.97. The Balaban J connectivity index is 1.42.